The van der Waals surface area contributed by atoms with Gasteiger partial charge in [0.15, 0.2) is 0 Å². The second-order valence-corrected chi connectivity index (χ2v) is 6.77. The first-order chi connectivity index (χ1) is 13.1. The molecule has 2 aromatic carbocycles. The van der Waals surface area contributed by atoms with Gasteiger partial charge in [0.05, 0.1) is 12.7 Å². The summed E-state index contributed by atoms with van der Waals surface area (Å²) in [6, 6.07) is 17.2. The Labute approximate surface area is 160 Å². The summed E-state index contributed by atoms with van der Waals surface area (Å²) in [5.41, 5.74) is 1.65. The summed E-state index contributed by atoms with van der Waals surface area (Å²) in [6.07, 6.45) is 1.14. The van der Waals surface area contributed by atoms with Crippen LogP contribution in [0.1, 0.15) is 35.7 Å². The lowest BCUT2D eigenvalue weighted by Crippen LogP contribution is -2.43. The summed E-state index contributed by atoms with van der Waals surface area (Å²) >= 11 is 0. The number of amides is 2. The molecule has 0 unspecified atom stereocenters. The zero-order chi connectivity index (χ0) is 19.2. The molecule has 0 radical (unpaired) electrons. The van der Waals surface area contributed by atoms with E-state index in [9.17, 15) is 9.59 Å². The maximum absolute atomic E-state index is 13.1. The lowest BCUT2D eigenvalue weighted by Gasteiger charge is -2.31. The summed E-state index contributed by atoms with van der Waals surface area (Å²) in [7, 11) is 1.56. The summed E-state index contributed by atoms with van der Waals surface area (Å²) < 4.78 is 5.34. The fraction of sp³-hybridized carbons (Fsp3) is 0.364. The van der Waals surface area contributed by atoms with Gasteiger partial charge in [-0.25, -0.2) is 0 Å². The average Bonchev–Trinajstić information content (AvgIpc) is 2.87. The normalized spacial score (nSPS) is 17.6. The first-order valence-corrected chi connectivity index (χ1v) is 9.39. The molecule has 2 aromatic rings. The van der Waals surface area contributed by atoms with E-state index in [4.69, 9.17) is 4.74 Å². The van der Waals surface area contributed by atoms with E-state index in [-0.39, 0.29) is 17.9 Å². The number of ether oxygens (including phenoxy) is 1. The molecule has 0 bridgehead atoms. The van der Waals surface area contributed by atoms with Crippen LogP contribution in [0.5, 0.6) is 5.75 Å². The number of benzene rings is 2. The molecule has 1 saturated heterocycles. The van der Waals surface area contributed by atoms with E-state index in [1.54, 1.807) is 24.1 Å². The SMILES string of the molecule is CC[C@H]1CN(C(=O)c2ccccc2OC)CCC(=O)N1Cc1ccccc1. The third-order valence-corrected chi connectivity index (χ3v) is 5.08. The zero-order valence-corrected chi connectivity index (χ0v) is 15.9. The van der Waals surface area contributed by atoms with Gasteiger partial charge in [0, 0.05) is 32.1 Å². The number of methoxy groups -OCH3 is 1. The molecule has 0 N–H and O–H groups in total. The molecule has 1 atom stereocenters. The highest BCUT2D eigenvalue weighted by atomic mass is 16.5. The third kappa shape index (κ3) is 4.30. The lowest BCUT2D eigenvalue weighted by molar-refractivity contribution is -0.133. The van der Waals surface area contributed by atoms with Crippen LogP contribution in [0.3, 0.4) is 0 Å². The molecule has 27 heavy (non-hydrogen) atoms. The van der Waals surface area contributed by atoms with E-state index in [1.807, 2.05) is 47.4 Å². The van der Waals surface area contributed by atoms with Crippen molar-refractivity contribution in [3.05, 3.63) is 65.7 Å². The van der Waals surface area contributed by atoms with Crippen molar-refractivity contribution in [3.63, 3.8) is 0 Å². The van der Waals surface area contributed by atoms with Gasteiger partial charge in [0.1, 0.15) is 5.75 Å². The van der Waals surface area contributed by atoms with Gasteiger partial charge in [-0.15, -0.1) is 0 Å². The Morgan fingerprint density at radius 1 is 1.11 bits per heavy atom. The van der Waals surface area contributed by atoms with Crippen LogP contribution in [0.2, 0.25) is 0 Å². The summed E-state index contributed by atoms with van der Waals surface area (Å²) in [6.45, 7) is 3.60. The maximum Gasteiger partial charge on any atom is 0.257 e. The minimum Gasteiger partial charge on any atom is -0.496 e. The Balaban J connectivity index is 1.81. The van der Waals surface area contributed by atoms with Crippen LogP contribution < -0.4 is 4.74 Å². The highest BCUT2D eigenvalue weighted by Crippen LogP contribution is 2.23. The highest BCUT2D eigenvalue weighted by molar-refractivity contribution is 5.97. The number of hydrogen-bond donors (Lipinski definition) is 0. The minimum atomic E-state index is -0.0831. The van der Waals surface area contributed by atoms with Crippen LogP contribution in [-0.2, 0) is 11.3 Å². The van der Waals surface area contributed by atoms with Gasteiger partial charge < -0.3 is 14.5 Å². The lowest BCUT2D eigenvalue weighted by atomic mass is 10.1. The molecule has 3 rings (SSSR count). The van der Waals surface area contributed by atoms with E-state index in [0.717, 1.165) is 12.0 Å². The van der Waals surface area contributed by atoms with Crippen molar-refractivity contribution in [3.8, 4) is 5.75 Å². The predicted octanol–water partition coefficient (Wildman–Crippen LogP) is 3.35. The number of para-hydroxylation sites is 1. The van der Waals surface area contributed by atoms with Gasteiger partial charge in [0.2, 0.25) is 5.91 Å². The van der Waals surface area contributed by atoms with Crippen molar-refractivity contribution >= 4 is 11.8 Å². The van der Waals surface area contributed by atoms with Gasteiger partial charge >= 0.3 is 0 Å². The molecule has 1 heterocycles. The average molecular weight is 366 g/mol. The molecule has 0 spiro atoms. The van der Waals surface area contributed by atoms with Crippen LogP contribution in [-0.4, -0.2) is 47.9 Å². The van der Waals surface area contributed by atoms with Crippen molar-refractivity contribution in [1.29, 1.82) is 0 Å². The second-order valence-electron chi connectivity index (χ2n) is 6.77. The van der Waals surface area contributed by atoms with Crippen molar-refractivity contribution < 1.29 is 14.3 Å². The maximum atomic E-state index is 13.1. The number of carbonyl (C=O) groups excluding carboxylic acids is 2. The number of nitrogens with zero attached hydrogens (tertiary/aromatic N) is 2. The van der Waals surface area contributed by atoms with Crippen LogP contribution in [0.25, 0.3) is 0 Å². The Kier molecular flexibility index (Phi) is 6.12. The Morgan fingerprint density at radius 3 is 2.52 bits per heavy atom. The molecule has 1 fully saturated rings. The molecule has 0 aliphatic carbocycles. The molecule has 5 heteroatoms. The summed E-state index contributed by atoms with van der Waals surface area (Å²) in [5, 5.41) is 0. The number of hydrogen-bond acceptors (Lipinski definition) is 3. The predicted molar refractivity (Wildman–Crippen MR) is 105 cm³/mol. The Bertz CT molecular complexity index is 791. The topological polar surface area (TPSA) is 49.9 Å². The molecule has 142 valence electrons. The zero-order valence-electron chi connectivity index (χ0n) is 15.9. The van der Waals surface area contributed by atoms with Gasteiger partial charge in [-0.2, -0.15) is 0 Å². The first-order valence-electron chi connectivity index (χ1n) is 9.39. The smallest absolute Gasteiger partial charge is 0.257 e. The van der Waals surface area contributed by atoms with Gasteiger partial charge in [-0.05, 0) is 24.1 Å². The Morgan fingerprint density at radius 2 is 1.81 bits per heavy atom. The van der Waals surface area contributed by atoms with Crippen LogP contribution >= 0.6 is 0 Å². The van der Waals surface area contributed by atoms with E-state index < -0.39 is 0 Å². The van der Waals surface area contributed by atoms with E-state index in [2.05, 4.69) is 6.92 Å². The minimum absolute atomic E-state index is 0.00105. The number of rotatable bonds is 5. The van der Waals surface area contributed by atoms with Crippen molar-refractivity contribution in [2.24, 2.45) is 0 Å². The molecular formula is C22H26N2O3. The van der Waals surface area contributed by atoms with Gasteiger partial charge in [0.25, 0.3) is 5.91 Å². The van der Waals surface area contributed by atoms with Crippen LogP contribution in [0.15, 0.2) is 54.6 Å². The fourth-order valence-corrected chi connectivity index (χ4v) is 3.55. The van der Waals surface area contributed by atoms with Gasteiger partial charge in [-0.1, -0.05) is 49.4 Å². The second kappa shape index (κ2) is 8.71. The van der Waals surface area contributed by atoms with Crippen molar-refractivity contribution in [2.75, 3.05) is 20.2 Å². The van der Waals surface area contributed by atoms with Crippen LogP contribution in [0, 0.1) is 0 Å². The van der Waals surface area contributed by atoms with E-state index in [0.29, 0.717) is 37.4 Å². The molecular weight excluding hydrogens is 340 g/mol. The van der Waals surface area contributed by atoms with E-state index >= 15 is 0 Å². The molecule has 0 aromatic heterocycles. The molecule has 1 aliphatic rings. The largest absolute Gasteiger partial charge is 0.496 e. The van der Waals surface area contributed by atoms with Crippen molar-refractivity contribution in [2.45, 2.75) is 32.4 Å². The van der Waals surface area contributed by atoms with Gasteiger partial charge in [-0.3, -0.25) is 9.59 Å². The quantitative estimate of drug-likeness (QED) is 0.815. The molecule has 5 nitrogen and oxygen atoms in total. The summed E-state index contributed by atoms with van der Waals surface area (Å²) in [5.74, 6) is 0.577. The molecule has 1 aliphatic heterocycles. The Hall–Kier alpha value is -2.82. The fourth-order valence-electron chi connectivity index (χ4n) is 3.55. The first kappa shape index (κ1) is 19.0. The molecule has 2 amide bonds. The number of carbonyl (C=O) groups is 2. The third-order valence-electron chi connectivity index (χ3n) is 5.08. The van der Waals surface area contributed by atoms with Crippen molar-refractivity contribution in [1.82, 2.24) is 9.80 Å². The van der Waals surface area contributed by atoms with E-state index in [1.165, 1.54) is 0 Å². The van der Waals surface area contributed by atoms with Crippen LogP contribution in [0.4, 0.5) is 0 Å². The standard InChI is InChI=1S/C22H26N2O3/c1-3-18-16-23(22(26)19-11-7-8-12-20(19)27-2)14-13-21(25)24(18)15-17-9-5-4-6-10-17/h4-12,18H,3,13-16H2,1-2H3/t18-/m0/s1. The summed E-state index contributed by atoms with van der Waals surface area (Å²) in [4.78, 5) is 29.6. The monoisotopic (exact) mass is 366 g/mol. The molecule has 0 saturated carbocycles. The highest BCUT2D eigenvalue weighted by Gasteiger charge is 2.31.